The molecule has 0 spiro atoms. The predicted molar refractivity (Wildman–Crippen MR) is 113 cm³/mol. The molecule has 0 saturated carbocycles. The van der Waals surface area contributed by atoms with Gasteiger partial charge in [-0.05, 0) is 18.2 Å². The van der Waals surface area contributed by atoms with Crippen molar-refractivity contribution < 1.29 is 14.2 Å². The average molecular weight is 419 g/mol. The van der Waals surface area contributed by atoms with Gasteiger partial charge in [-0.2, -0.15) is 0 Å². The highest BCUT2D eigenvalue weighted by atomic mass is 35.5. The number of nitrogens with one attached hydrogen (secondary N) is 1. The maximum absolute atomic E-state index is 14.0. The second-order valence-electron chi connectivity index (χ2n) is 7.05. The quantitative estimate of drug-likeness (QED) is 0.730. The van der Waals surface area contributed by atoms with Gasteiger partial charge in [0, 0.05) is 50.0 Å². The highest BCUT2D eigenvalue weighted by molar-refractivity contribution is 6.31. The number of rotatable bonds is 5. The molecule has 0 radical (unpaired) electrons. The highest BCUT2D eigenvalue weighted by Gasteiger charge is 2.25. The Kier molecular flexibility index (Phi) is 6.30. The van der Waals surface area contributed by atoms with Crippen LogP contribution in [0.25, 0.3) is 0 Å². The minimum Gasteiger partial charge on any atom is -0.394 e. The van der Waals surface area contributed by atoms with Crippen LogP contribution in [0.15, 0.2) is 41.4 Å². The molecule has 8 heteroatoms. The first-order valence-electron chi connectivity index (χ1n) is 9.76. The summed E-state index contributed by atoms with van der Waals surface area (Å²) in [5, 5.41) is 12.2. The van der Waals surface area contributed by atoms with Crippen molar-refractivity contribution in [3.8, 4) is 0 Å². The molecule has 1 fully saturated rings. The molecular weight excluding hydrogens is 395 g/mol. The monoisotopic (exact) mass is 418 g/mol. The van der Waals surface area contributed by atoms with Crippen LogP contribution in [0.1, 0.15) is 5.56 Å². The number of hydrogen-bond acceptors (Lipinski definition) is 6. The largest absolute Gasteiger partial charge is 0.394 e. The van der Waals surface area contributed by atoms with E-state index in [-0.39, 0.29) is 11.6 Å². The Bertz CT molecular complexity index is 900. The lowest BCUT2D eigenvalue weighted by Crippen LogP contribution is -2.49. The summed E-state index contributed by atoms with van der Waals surface area (Å²) in [7, 11) is 0. The van der Waals surface area contributed by atoms with Gasteiger partial charge < -0.3 is 20.1 Å². The number of fused-ring (bicyclic) bond motifs is 2. The van der Waals surface area contributed by atoms with Crippen molar-refractivity contribution in [3.05, 3.63) is 52.8 Å². The number of benzene rings is 2. The van der Waals surface area contributed by atoms with Crippen molar-refractivity contribution in [1.82, 2.24) is 9.80 Å². The Hall–Kier alpha value is -2.19. The number of aliphatic imine (C=N–C) groups is 1. The first kappa shape index (κ1) is 20.1. The molecule has 2 heterocycles. The minimum absolute atomic E-state index is 0.0520. The van der Waals surface area contributed by atoms with Gasteiger partial charge in [-0.15, -0.1) is 0 Å². The average Bonchev–Trinajstić information content (AvgIpc) is 2.89. The van der Waals surface area contributed by atoms with Crippen molar-refractivity contribution in [2.24, 2.45) is 4.99 Å². The molecule has 0 bridgehead atoms. The Morgan fingerprint density at radius 3 is 2.69 bits per heavy atom. The molecule has 0 aromatic heterocycles. The van der Waals surface area contributed by atoms with Crippen LogP contribution in [0.2, 0.25) is 5.02 Å². The summed E-state index contributed by atoms with van der Waals surface area (Å²) in [6.45, 7) is 5.35. The van der Waals surface area contributed by atoms with Crippen molar-refractivity contribution in [2.45, 2.75) is 0 Å². The Balaban J connectivity index is 1.55. The zero-order valence-corrected chi connectivity index (χ0v) is 16.8. The molecule has 0 amide bonds. The maximum Gasteiger partial charge on any atom is 0.144 e. The molecule has 2 N–H and O–H groups in total. The normalized spacial score (nSPS) is 16.5. The number of aliphatic hydroxyl groups excluding tert-OH is 1. The molecule has 0 aliphatic carbocycles. The Labute approximate surface area is 174 Å². The van der Waals surface area contributed by atoms with E-state index in [2.05, 4.69) is 15.1 Å². The van der Waals surface area contributed by atoms with Crippen LogP contribution in [0.3, 0.4) is 0 Å². The van der Waals surface area contributed by atoms with Crippen LogP contribution < -0.4 is 5.32 Å². The molecular formula is C21H24ClFN4O2. The van der Waals surface area contributed by atoms with Gasteiger partial charge in [0.1, 0.15) is 11.7 Å². The van der Waals surface area contributed by atoms with Crippen molar-refractivity contribution in [2.75, 3.05) is 57.9 Å². The predicted octanol–water partition coefficient (Wildman–Crippen LogP) is 3.24. The minimum atomic E-state index is -0.467. The fraction of sp³-hybridized carbons (Fsp3) is 0.381. The molecule has 2 aliphatic heterocycles. The number of aliphatic hydroxyl groups is 1. The van der Waals surface area contributed by atoms with E-state index in [9.17, 15) is 4.39 Å². The molecule has 2 aromatic rings. The number of ether oxygens (including phenoxy) is 1. The molecule has 6 nitrogen and oxygen atoms in total. The van der Waals surface area contributed by atoms with Crippen molar-refractivity contribution >= 4 is 34.5 Å². The summed E-state index contributed by atoms with van der Waals surface area (Å²) >= 11 is 6.01. The summed E-state index contributed by atoms with van der Waals surface area (Å²) in [6.07, 6.45) is 0. The lowest BCUT2D eigenvalue weighted by molar-refractivity contribution is 0.0652. The van der Waals surface area contributed by atoms with Gasteiger partial charge in [0.15, 0.2) is 0 Å². The molecule has 2 aromatic carbocycles. The van der Waals surface area contributed by atoms with E-state index >= 15 is 0 Å². The molecule has 4 rings (SSSR count). The molecule has 0 atom stereocenters. The fourth-order valence-electron chi connectivity index (χ4n) is 3.62. The second-order valence-corrected chi connectivity index (χ2v) is 7.46. The smallest absolute Gasteiger partial charge is 0.144 e. The number of para-hydroxylation sites is 1. The molecule has 1 saturated heterocycles. The molecule has 29 heavy (non-hydrogen) atoms. The van der Waals surface area contributed by atoms with Crippen LogP contribution in [0.5, 0.6) is 0 Å². The zero-order valence-electron chi connectivity index (χ0n) is 16.1. The van der Waals surface area contributed by atoms with Crippen molar-refractivity contribution in [1.29, 1.82) is 0 Å². The molecule has 154 valence electrons. The molecule has 0 unspecified atom stereocenters. The first-order chi connectivity index (χ1) is 14.2. The Morgan fingerprint density at radius 1 is 1.10 bits per heavy atom. The number of hydrogen-bond donors (Lipinski definition) is 2. The van der Waals surface area contributed by atoms with Gasteiger partial charge in [0.25, 0.3) is 0 Å². The van der Waals surface area contributed by atoms with Gasteiger partial charge in [0.05, 0.1) is 36.2 Å². The van der Waals surface area contributed by atoms with Crippen LogP contribution in [0, 0.1) is 5.82 Å². The summed E-state index contributed by atoms with van der Waals surface area (Å²) in [6, 6.07) is 10.9. The summed E-state index contributed by atoms with van der Waals surface area (Å²) in [4.78, 5) is 9.48. The third kappa shape index (κ3) is 4.53. The maximum atomic E-state index is 14.0. The number of amidine groups is 1. The highest BCUT2D eigenvalue weighted by Crippen LogP contribution is 2.37. The van der Waals surface area contributed by atoms with Crippen LogP contribution in [-0.4, -0.2) is 73.3 Å². The Morgan fingerprint density at radius 2 is 1.90 bits per heavy atom. The third-order valence-corrected chi connectivity index (χ3v) is 5.45. The molecule has 2 aliphatic rings. The standard InChI is InChI=1S/C21H24ClFN4O2/c22-16-13-19-20(14-17(16)23)24-18-4-2-1-3-15(18)21(25-19)27-7-5-26(6-8-27)9-11-29-12-10-28/h1-4,13-14,24,28H,5-12H2. The van der Waals surface area contributed by atoms with Gasteiger partial charge in [-0.25, -0.2) is 9.38 Å². The van der Waals surface area contributed by atoms with E-state index in [1.54, 1.807) is 6.07 Å². The summed E-state index contributed by atoms with van der Waals surface area (Å²) in [5.74, 6) is 0.400. The first-order valence-corrected chi connectivity index (χ1v) is 10.1. The van der Waals surface area contributed by atoms with Crippen LogP contribution >= 0.6 is 11.6 Å². The topological polar surface area (TPSA) is 60.3 Å². The van der Waals surface area contributed by atoms with E-state index in [1.165, 1.54) is 6.07 Å². The summed E-state index contributed by atoms with van der Waals surface area (Å²) in [5.41, 5.74) is 3.11. The third-order valence-electron chi connectivity index (χ3n) is 5.16. The van der Waals surface area contributed by atoms with Gasteiger partial charge >= 0.3 is 0 Å². The van der Waals surface area contributed by atoms with Gasteiger partial charge in [-0.1, -0.05) is 23.7 Å². The lowest BCUT2D eigenvalue weighted by Gasteiger charge is -2.36. The van der Waals surface area contributed by atoms with Gasteiger partial charge in [-0.3, -0.25) is 4.90 Å². The van der Waals surface area contributed by atoms with E-state index < -0.39 is 5.82 Å². The van der Waals surface area contributed by atoms with E-state index in [0.717, 1.165) is 49.8 Å². The zero-order chi connectivity index (χ0) is 20.2. The van der Waals surface area contributed by atoms with Crippen LogP contribution in [0.4, 0.5) is 21.5 Å². The van der Waals surface area contributed by atoms with E-state index in [1.807, 2.05) is 24.3 Å². The van der Waals surface area contributed by atoms with Crippen LogP contribution in [-0.2, 0) is 4.74 Å². The number of piperazine rings is 1. The number of nitrogens with zero attached hydrogens (tertiary/aromatic N) is 3. The van der Waals surface area contributed by atoms with E-state index in [0.29, 0.717) is 24.6 Å². The number of halogens is 2. The second kappa shape index (κ2) is 9.09. The van der Waals surface area contributed by atoms with Gasteiger partial charge in [0.2, 0.25) is 0 Å². The number of anilines is 2. The lowest BCUT2D eigenvalue weighted by atomic mass is 10.1. The SMILES string of the molecule is OCCOCCN1CCN(C2=Nc3cc(Cl)c(F)cc3Nc3ccccc32)CC1. The van der Waals surface area contributed by atoms with Crippen molar-refractivity contribution in [3.63, 3.8) is 0 Å². The summed E-state index contributed by atoms with van der Waals surface area (Å²) < 4.78 is 19.4. The van der Waals surface area contributed by atoms with E-state index in [4.69, 9.17) is 26.4 Å². The fourth-order valence-corrected chi connectivity index (χ4v) is 3.78.